The highest BCUT2D eigenvalue weighted by atomic mass is 16.2. The molecule has 1 aromatic heterocycles. The Morgan fingerprint density at radius 2 is 2.04 bits per heavy atom. The van der Waals surface area contributed by atoms with Gasteiger partial charge in [-0.15, -0.1) is 0 Å². The van der Waals surface area contributed by atoms with Gasteiger partial charge < -0.3 is 15.5 Å². The summed E-state index contributed by atoms with van der Waals surface area (Å²) in [5, 5.41) is 14.3. The fourth-order valence-corrected chi connectivity index (χ4v) is 2.64. The van der Waals surface area contributed by atoms with Crippen molar-refractivity contribution in [3.63, 3.8) is 0 Å². The van der Waals surface area contributed by atoms with Gasteiger partial charge in [0.1, 0.15) is 11.9 Å². The van der Waals surface area contributed by atoms with Crippen molar-refractivity contribution in [2.45, 2.75) is 19.8 Å². The number of carbonyl (C=O) groups excluding carboxylic acids is 2. The second-order valence-corrected chi connectivity index (χ2v) is 5.49. The molecule has 2 N–H and O–H groups in total. The Hall–Kier alpha value is -2.62. The largest absolute Gasteiger partial charge is 0.356 e. The van der Waals surface area contributed by atoms with Crippen LogP contribution in [0, 0.1) is 17.2 Å². The molecule has 7 nitrogen and oxygen atoms in total. The van der Waals surface area contributed by atoms with Crippen LogP contribution in [0.15, 0.2) is 18.3 Å². The first kappa shape index (κ1) is 16.7. The summed E-state index contributed by atoms with van der Waals surface area (Å²) >= 11 is 0. The van der Waals surface area contributed by atoms with E-state index in [0.717, 1.165) is 31.7 Å². The fraction of sp³-hybridized carbons (Fsp3) is 0.500. The van der Waals surface area contributed by atoms with Gasteiger partial charge in [0.2, 0.25) is 0 Å². The standard InChI is InChI=1S/C16H21N5O2/c1-2-18-15(22)16(23)20-11-12-5-8-21(9-6-12)14-13(10-17)4-3-7-19-14/h3-4,7,12H,2,5-6,8-9,11H2,1H3,(H,18,22)(H,20,23). The first-order valence-corrected chi connectivity index (χ1v) is 7.81. The number of hydrogen-bond acceptors (Lipinski definition) is 5. The molecule has 0 aromatic carbocycles. The molecule has 1 aromatic rings. The molecule has 0 unspecified atom stereocenters. The Balaban J connectivity index is 1.81. The molecule has 1 aliphatic rings. The maximum absolute atomic E-state index is 11.6. The normalized spacial score (nSPS) is 14.9. The lowest BCUT2D eigenvalue weighted by Crippen LogP contribution is -2.44. The average Bonchev–Trinajstić information content (AvgIpc) is 2.60. The monoisotopic (exact) mass is 315 g/mol. The molecule has 2 heterocycles. The van der Waals surface area contributed by atoms with Gasteiger partial charge in [-0.25, -0.2) is 4.98 Å². The topological polar surface area (TPSA) is 98.1 Å². The van der Waals surface area contributed by atoms with Crippen molar-refractivity contribution in [1.29, 1.82) is 5.26 Å². The highest BCUT2D eigenvalue weighted by molar-refractivity contribution is 6.35. The number of aromatic nitrogens is 1. The van der Waals surface area contributed by atoms with Crippen molar-refractivity contribution in [1.82, 2.24) is 15.6 Å². The van der Waals surface area contributed by atoms with Crippen LogP contribution in [0.1, 0.15) is 25.3 Å². The van der Waals surface area contributed by atoms with Crippen LogP contribution in [-0.2, 0) is 9.59 Å². The summed E-state index contributed by atoms with van der Waals surface area (Å²) in [7, 11) is 0. The van der Waals surface area contributed by atoms with Crippen LogP contribution in [-0.4, -0.2) is 43.0 Å². The van der Waals surface area contributed by atoms with Crippen LogP contribution in [0.5, 0.6) is 0 Å². The molecule has 2 rings (SSSR count). The molecule has 1 saturated heterocycles. The Morgan fingerprint density at radius 1 is 1.35 bits per heavy atom. The third-order valence-electron chi connectivity index (χ3n) is 3.92. The minimum Gasteiger partial charge on any atom is -0.356 e. The number of nitrogens with zero attached hydrogens (tertiary/aromatic N) is 3. The van der Waals surface area contributed by atoms with Crippen LogP contribution in [0.4, 0.5) is 5.82 Å². The molecule has 23 heavy (non-hydrogen) atoms. The number of hydrogen-bond donors (Lipinski definition) is 2. The van der Waals surface area contributed by atoms with E-state index in [0.29, 0.717) is 24.6 Å². The predicted octanol–water partition coefficient (Wildman–Crippen LogP) is 0.422. The number of nitrogens with one attached hydrogen (secondary N) is 2. The maximum atomic E-state index is 11.6. The number of nitriles is 1. The molecule has 0 saturated carbocycles. The smallest absolute Gasteiger partial charge is 0.309 e. The van der Waals surface area contributed by atoms with Gasteiger partial charge in [0, 0.05) is 32.4 Å². The Morgan fingerprint density at radius 3 is 2.70 bits per heavy atom. The van der Waals surface area contributed by atoms with Crippen LogP contribution in [0.25, 0.3) is 0 Å². The Labute approximate surface area is 135 Å². The van der Waals surface area contributed by atoms with E-state index in [1.54, 1.807) is 25.3 Å². The van der Waals surface area contributed by atoms with Crippen LogP contribution in [0.3, 0.4) is 0 Å². The molecule has 0 bridgehead atoms. The van der Waals surface area contributed by atoms with Crippen molar-refractivity contribution < 1.29 is 9.59 Å². The number of anilines is 1. The molecule has 0 radical (unpaired) electrons. The van der Waals surface area contributed by atoms with E-state index in [9.17, 15) is 9.59 Å². The first-order valence-electron chi connectivity index (χ1n) is 7.81. The molecule has 122 valence electrons. The summed E-state index contributed by atoms with van der Waals surface area (Å²) in [6.45, 7) is 4.28. The number of pyridine rings is 1. The third kappa shape index (κ3) is 4.42. The maximum Gasteiger partial charge on any atom is 0.309 e. The highest BCUT2D eigenvalue weighted by Crippen LogP contribution is 2.23. The van der Waals surface area contributed by atoms with Gasteiger partial charge in [0.05, 0.1) is 5.56 Å². The van der Waals surface area contributed by atoms with Crippen LogP contribution < -0.4 is 15.5 Å². The molecular formula is C16H21N5O2. The number of carbonyl (C=O) groups is 2. The number of rotatable bonds is 4. The van der Waals surface area contributed by atoms with Gasteiger partial charge in [-0.2, -0.15) is 5.26 Å². The summed E-state index contributed by atoms with van der Waals surface area (Å²) < 4.78 is 0. The van der Waals surface area contributed by atoms with E-state index in [1.807, 2.05) is 0 Å². The Bertz CT molecular complexity index is 603. The van der Waals surface area contributed by atoms with E-state index < -0.39 is 11.8 Å². The lowest BCUT2D eigenvalue weighted by atomic mass is 9.96. The first-order chi connectivity index (χ1) is 11.2. The van der Waals surface area contributed by atoms with Gasteiger partial charge in [-0.05, 0) is 37.8 Å². The van der Waals surface area contributed by atoms with Gasteiger partial charge in [-0.1, -0.05) is 0 Å². The van der Waals surface area contributed by atoms with Crippen LogP contribution in [0.2, 0.25) is 0 Å². The van der Waals surface area contributed by atoms with Gasteiger partial charge in [-0.3, -0.25) is 9.59 Å². The van der Waals surface area contributed by atoms with E-state index in [4.69, 9.17) is 5.26 Å². The molecule has 0 aliphatic carbocycles. The zero-order valence-corrected chi connectivity index (χ0v) is 13.2. The highest BCUT2D eigenvalue weighted by Gasteiger charge is 2.23. The third-order valence-corrected chi connectivity index (χ3v) is 3.92. The molecule has 7 heteroatoms. The van der Waals surface area contributed by atoms with Gasteiger partial charge in [0.25, 0.3) is 0 Å². The van der Waals surface area contributed by atoms with E-state index in [-0.39, 0.29) is 0 Å². The summed E-state index contributed by atoms with van der Waals surface area (Å²) in [4.78, 5) is 29.3. The summed E-state index contributed by atoms with van der Waals surface area (Å²) in [5.74, 6) is -0.110. The second-order valence-electron chi connectivity index (χ2n) is 5.49. The molecule has 0 spiro atoms. The Kier molecular flexibility index (Phi) is 5.92. The van der Waals surface area contributed by atoms with E-state index in [2.05, 4.69) is 26.6 Å². The van der Waals surface area contributed by atoms with Crippen LogP contribution >= 0.6 is 0 Å². The van der Waals surface area contributed by atoms with Crippen molar-refractivity contribution in [3.05, 3.63) is 23.9 Å². The zero-order valence-electron chi connectivity index (χ0n) is 13.2. The quantitative estimate of drug-likeness (QED) is 0.785. The van der Waals surface area contributed by atoms with E-state index in [1.165, 1.54) is 0 Å². The van der Waals surface area contributed by atoms with Gasteiger partial charge in [0.15, 0.2) is 0 Å². The van der Waals surface area contributed by atoms with Crippen molar-refractivity contribution >= 4 is 17.6 Å². The summed E-state index contributed by atoms with van der Waals surface area (Å²) in [6.07, 6.45) is 3.46. The molecular weight excluding hydrogens is 294 g/mol. The number of piperidine rings is 1. The summed E-state index contributed by atoms with van der Waals surface area (Å²) in [5.41, 5.74) is 0.579. The SMILES string of the molecule is CCNC(=O)C(=O)NCC1CCN(c2ncccc2C#N)CC1. The lowest BCUT2D eigenvalue weighted by molar-refractivity contribution is -0.139. The fourth-order valence-electron chi connectivity index (χ4n) is 2.64. The number of amides is 2. The number of likely N-dealkylation sites (N-methyl/N-ethyl adjacent to an activating group) is 1. The molecule has 2 amide bonds. The predicted molar refractivity (Wildman–Crippen MR) is 85.6 cm³/mol. The summed E-state index contributed by atoms with van der Waals surface area (Å²) in [6, 6.07) is 5.68. The van der Waals surface area contributed by atoms with Crippen molar-refractivity contribution in [3.8, 4) is 6.07 Å². The van der Waals surface area contributed by atoms with Crippen molar-refractivity contribution in [2.24, 2.45) is 5.92 Å². The second kappa shape index (κ2) is 8.13. The minimum absolute atomic E-state index is 0.332. The molecule has 1 aliphatic heterocycles. The average molecular weight is 315 g/mol. The molecule has 1 fully saturated rings. The van der Waals surface area contributed by atoms with E-state index >= 15 is 0 Å². The van der Waals surface area contributed by atoms with Crippen molar-refractivity contribution in [2.75, 3.05) is 31.1 Å². The zero-order chi connectivity index (χ0) is 16.7. The lowest BCUT2D eigenvalue weighted by Gasteiger charge is -2.33. The molecule has 0 atom stereocenters. The van der Waals surface area contributed by atoms with Gasteiger partial charge >= 0.3 is 11.8 Å². The minimum atomic E-state index is -0.586.